The van der Waals surface area contributed by atoms with E-state index in [0.29, 0.717) is 17.7 Å². The predicted molar refractivity (Wildman–Crippen MR) is 109 cm³/mol. The standard InChI is InChI=1S/C22H22O6S/c1-3-27-21-19(16-12-13-26-14-16)11-10-17(20(21)22(23)28-4-2)15-29(24,25)18-8-6-5-7-9-18/h5-14H,3-4,15H2,1-2H3. The highest BCUT2D eigenvalue weighted by Crippen LogP contribution is 2.37. The first-order valence-corrected chi connectivity index (χ1v) is 10.9. The third-order valence-corrected chi connectivity index (χ3v) is 5.97. The molecule has 1 heterocycles. The lowest BCUT2D eigenvalue weighted by Crippen LogP contribution is -2.15. The van der Waals surface area contributed by atoms with Crippen LogP contribution in [0.15, 0.2) is 70.4 Å². The Morgan fingerprint density at radius 1 is 1.00 bits per heavy atom. The maximum absolute atomic E-state index is 12.9. The van der Waals surface area contributed by atoms with Crippen molar-refractivity contribution < 1.29 is 27.1 Å². The van der Waals surface area contributed by atoms with Crippen LogP contribution in [0.1, 0.15) is 29.8 Å². The Kier molecular flexibility index (Phi) is 6.39. The van der Waals surface area contributed by atoms with Gasteiger partial charge in [0.1, 0.15) is 11.3 Å². The fourth-order valence-electron chi connectivity index (χ4n) is 3.03. The minimum absolute atomic E-state index is 0.118. The first kappa shape index (κ1) is 20.7. The number of carbonyl (C=O) groups excluding carboxylic acids is 1. The number of hydrogen-bond acceptors (Lipinski definition) is 6. The largest absolute Gasteiger partial charge is 0.492 e. The van der Waals surface area contributed by atoms with Crippen LogP contribution in [0.2, 0.25) is 0 Å². The van der Waals surface area contributed by atoms with Crippen molar-refractivity contribution in [3.8, 4) is 16.9 Å². The molecule has 0 atom stereocenters. The van der Waals surface area contributed by atoms with Crippen molar-refractivity contribution in [2.24, 2.45) is 0 Å². The van der Waals surface area contributed by atoms with Crippen LogP contribution in [-0.4, -0.2) is 27.6 Å². The summed E-state index contributed by atoms with van der Waals surface area (Å²) in [6, 6.07) is 13.2. The van der Waals surface area contributed by atoms with Crippen molar-refractivity contribution in [3.05, 3.63) is 72.2 Å². The van der Waals surface area contributed by atoms with Gasteiger partial charge in [0.2, 0.25) is 0 Å². The Morgan fingerprint density at radius 3 is 2.38 bits per heavy atom. The van der Waals surface area contributed by atoms with Crippen LogP contribution in [0.5, 0.6) is 5.75 Å². The van der Waals surface area contributed by atoms with Gasteiger partial charge < -0.3 is 13.9 Å². The van der Waals surface area contributed by atoms with E-state index >= 15 is 0 Å². The number of hydrogen-bond donors (Lipinski definition) is 0. The average Bonchev–Trinajstić information content (AvgIpc) is 3.23. The molecule has 29 heavy (non-hydrogen) atoms. The Labute approximate surface area is 170 Å². The zero-order valence-corrected chi connectivity index (χ0v) is 17.1. The van der Waals surface area contributed by atoms with Crippen molar-refractivity contribution in [2.75, 3.05) is 13.2 Å². The molecule has 0 unspecified atom stereocenters. The van der Waals surface area contributed by atoms with Gasteiger partial charge in [0, 0.05) is 11.1 Å². The van der Waals surface area contributed by atoms with E-state index in [4.69, 9.17) is 13.9 Å². The van der Waals surface area contributed by atoms with Crippen molar-refractivity contribution in [3.63, 3.8) is 0 Å². The van der Waals surface area contributed by atoms with Crippen molar-refractivity contribution in [1.82, 2.24) is 0 Å². The molecule has 0 saturated heterocycles. The fraction of sp³-hybridized carbons (Fsp3) is 0.227. The summed E-state index contributed by atoms with van der Waals surface area (Å²) in [5, 5.41) is 0. The lowest BCUT2D eigenvalue weighted by molar-refractivity contribution is 0.0521. The van der Waals surface area contributed by atoms with Gasteiger partial charge in [-0.25, -0.2) is 13.2 Å². The molecule has 0 aliphatic carbocycles. The summed E-state index contributed by atoms with van der Waals surface area (Å²) in [6.45, 7) is 3.94. The van der Waals surface area contributed by atoms with E-state index in [1.165, 1.54) is 24.7 Å². The Balaban J connectivity index is 2.16. The maximum Gasteiger partial charge on any atom is 0.342 e. The molecule has 1 aromatic heterocycles. The number of sulfone groups is 1. The van der Waals surface area contributed by atoms with Crippen LogP contribution in [0.4, 0.5) is 0 Å². The highest BCUT2D eigenvalue weighted by Gasteiger charge is 2.27. The molecular formula is C22H22O6S. The SMILES string of the molecule is CCOC(=O)c1c(CS(=O)(=O)c2ccccc2)ccc(-c2ccoc2)c1OCC. The minimum Gasteiger partial charge on any atom is -0.492 e. The molecule has 0 saturated carbocycles. The number of benzene rings is 2. The number of ether oxygens (including phenoxy) is 2. The van der Waals surface area contributed by atoms with E-state index in [0.717, 1.165) is 5.56 Å². The predicted octanol–water partition coefficient (Wildman–Crippen LogP) is 4.50. The second-order valence-electron chi connectivity index (χ2n) is 6.21. The molecule has 7 heteroatoms. The highest BCUT2D eigenvalue weighted by molar-refractivity contribution is 7.90. The van der Waals surface area contributed by atoms with Crippen molar-refractivity contribution in [2.45, 2.75) is 24.5 Å². The number of esters is 1. The van der Waals surface area contributed by atoms with Crippen LogP contribution in [-0.2, 0) is 20.3 Å². The summed E-state index contributed by atoms with van der Waals surface area (Å²) in [4.78, 5) is 13.0. The Bertz CT molecular complexity index is 1070. The molecule has 3 rings (SSSR count). The topological polar surface area (TPSA) is 82.8 Å². The summed E-state index contributed by atoms with van der Waals surface area (Å²) < 4.78 is 42.0. The summed E-state index contributed by atoms with van der Waals surface area (Å²) >= 11 is 0. The van der Waals surface area contributed by atoms with E-state index in [2.05, 4.69) is 0 Å². The molecule has 0 spiro atoms. The molecule has 6 nitrogen and oxygen atoms in total. The average molecular weight is 414 g/mol. The van der Waals surface area contributed by atoms with E-state index in [1.54, 1.807) is 50.2 Å². The Morgan fingerprint density at radius 2 is 1.76 bits per heavy atom. The third-order valence-electron chi connectivity index (χ3n) is 4.29. The number of rotatable bonds is 8. The van der Waals surface area contributed by atoms with E-state index in [-0.39, 0.29) is 28.6 Å². The van der Waals surface area contributed by atoms with Crippen LogP contribution < -0.4 is 4.74 Å². The van der Waals surface area contributed by atoms with Crippen LogP contribution in [0.3, 0.4) is 0 Å². The molecule has 2 aromatic carbocycles. The molecule has 3 aromatic rings. The first-order valence-electron chi connectivity index (χ1n) is 9.24. The van der Waals surface area contributed by atoms with Gasteiger partial charge in [0.25, 0.3) is 0 Å². The number of carbonyl (C=O) groups is 1. The second kappa shape index (κ2) is 8.96. The maximum atomic E-state index is 12.9. The van der Waals surface area contributed by atoms with Gasteiger partial charge in [-0.1, -0.05) is 30.3 Å². The summed E-state index contributed by atoms with van der Waals surface area (Å²) in [5.74, 6) is -0.690. The summed E-state index contributed by atoms with van der Waals surface area (Å²) in [7, 11) is -3.66. The Hall–Kier alpha value is -3.06. The highest BCUT2D eigenvalue weighted by atomic mass is 32.2. The molecule has 0 radical (unpaired) electrons. The molecule has 0 bridgehead atoms. The van der Waals surface area contributed by atoms with Gasteiger partial charge in [-0.15, -0.1) is 0 Å². The summed E-state index contributed by atoms with van der Waals surface area (Å²) in [6.07, 6.45) is 3.05. The molecule has 0 amide bonds. The minimum atomic E-state index is -3.66. The number of furan rings is 1. The van der Waals surface area contributed by atoms with Crippen LogP contribution in [0.25, 0.3) is 11.1 Å². The van der Waals surface area contributed by atoms with Gasteiger partial charge >= 0.3 is 5.97 Å². The zero-order valence-electron chi connectivity index (χ0n) is 16.3. The normalized spacial score (nSPS) is 11.2. The molecule has 0 aliphatic heterocycles. The molecule has 152 valence electrons. The van der Waals surface area contributed by atoms with E-state index in [9.17, 15) is 13.2 Å². The summed E-state index contributed by atoms with van der Waals surface area (Å²) in [5.41, 5.74) is 1.79. The van der Waals surface area contributed by atoms with Gasteiger partial charge in [-0.2, -0.15) is 0 Å². The molecule has 0 N–H and O–H groups in total. The monoisotopic (exact) mass is 414 g/mol. The van der Waals surface area contributed by atoms with Crippen molar-refractivity contribution >= 4 is 15.8 Å². The third kappa shape index (κ3) is 4.51. The van der Waals surface area contributed by atoms with E-state index < -0.39 is 15.8 Å². The van der Waals surface area contributed by atoms with Crippen LogP contribution >= 0.6 is 0 Å². The molecule has 0 fully saturated rings. The van der Waals surface area contributed by atoms with Gasteiger partial charge in [0.05, 0.1) is 36.4 Å². The smallest absolute Gasteiger partial charge is 0.342 e. The lowest BCUT2D eigenvalue weighted by Gasteiger charge is -2.17. The second-order valence-corrected chi connectivity index (χ2v) is 8.20. The quantitative estimate of drug-likeness (QED) is 0.505. The first-order chi connectivity index (χ1) is 14.0. The molecule has 0 aliphatic rings. The van der Waals surface area contributed by atoms with E-state index in [1.807, 2.05) is 0 Å². The van der Waals surface area contributed by atoms with Gasteiger partial charge in [-0.05, 0) is 37.6 Å². The zero-order chi connectivity index (χ0) is 20.9. The van der Waals surface area contributed by atoms with Crippen molar-refractivity contribution in [1.29, 1.82) is 0 Å². The molecular weight excluding hydrogens is 392 g/mol. The van der Waals surface area contributed by atoms with Crippen LogP contribution in [0, 0.1) is 0 Å². The lowest BCUT2D eigenvalue weighted by atomic mass is 9.99. The fourth-order valence-corrected chi connectivity index (χ4v) is 4.41. The van der Waals surface area contributed by atoms with Gasteiger partial charge in [-0.3, -0.25) is 0 Å². The van der Waals surface area contributed by atoms with Gasteiger partial charge in [0.15, 0.2) is 9.84 Å².